The third-order valence-electron chi connectivity index (χ3n) is 1.67. The van der Waals surface area contributed by atoms with Crippen LogP contribution in [0.2, 0.25) is 0 Å². The first kappa shape index (κ1) is 6.89. The molecule has 0 spiro atoms. The van der Waals surface area contributed by atoms with E-state index in [1.165, 1.54) is 0 Å². The SMILES string of the molecule is C#Cc1cc[c]c(C)c1C. The summed E-state index contributed by atoms with van der Waals surface area (Å²) in [6.45, 7) is 4.03. The third kappa shape index (κ3) is 1.04. The first-order valence-electron chi connectivity index (χ1n) is 3.20. The smallest absolute Gasteiger partial charge is 0.0274 e. The average Bonchev–Trinajstić information content (AvgIpc) is 1.95. The largest absolute Gasteiger partial charge is 0.115 e. The van der Waals surface area contributed by atoms with E-state index in [4.69, 9.17) is 6.42 Å². The molecule has 0 aromatic heterocycles. The highest BCUT2D eigenvalue weighted by Gasteiger charge is 1.95. The highest BCUT2D eigenvalue weighted by molar-refractivity contribution is 5.42. The molecule has 10 heavy (non-hydrogen) atoms. The van der Waals surface area contributed by atoms with Gasteiger partial charge >= 0.3 is 0 Å². The monoisotopic (exact) mass is 129 g/mol. The predicted molar refractivity (Wildman–Crippen MR) is 42.7 cm³/mol. The van der Waals surface area contributed by atoms with E-state index >= 15 is 0 Å². The lowest BCUT2D eigenvalue weighted by atomic mass is 10.0. The molecule has 0 nitrogen and oxygen atoms in total. The summed E-state index contributed by atoms with van der Waals surface area (Å²) < 4.78 is 0. The zero-order valence-electron chi connectivity index (χ0n) is 6.23. The minimum atomic E-state index is 0.969. The van der Waals surface area contributed by atoms with Gasteiger partial charge in [0.15, 0.2) is 0 Å². The maximum Gasteiger partial charge on any atom is 0.0274 e. The molecule has 1 aromatic carbocycles. The molecule has 0 N–H and O–H groups in total. The van der Waals surface area contributed by atoms with Gasteiger partial charge in [0, 0.05) is 5.56 Å². The molecule has 0 saturated carbocycles. The number of benzene rings is 1. The van der Waals surface area contributed by atoms with Crippen LogP contribution >= 0.6 is 0 Å². The van der Waals surface area contributed by atoms with Gasteiger partial charge in [-0.05, 0) is 37.1 Å². The van der Waals surface area contributed by atoms with Crippen LogP contribution in [0.5, 0.6) is 0 Å². The van der Waals surface area contributed by atoms with Gasteiger partial charge in [-0.1, -0.05) is 12.0 Å². The minimum absolute atomic E-state index is 0.969. The molecule has 1 aromatic rings. The summed E-state index contributed by atoms with van der Waals surface area (Å²) in [6, 6.07) is 6.84. The van der Waals surface area contributed by atoms with Crippen molar-refractivity contribution in [1.82, 2.24) is 0 Å². The second kappa shape index (κ2) is 2.58. The molecule has 0 unspecified atom stereocenters. The van der Waals surface area contributed by atoms with Gasteiger partial charge in [-0.15, -0.1) is 6.42 Å². The van der Waals surface area contributed by atoms with Crippen LogP contribution in [0.4, 0.5) is 0 Å². The molecule has 0 aliphatic carbocycles. The number of terminal acetylenes is 1. The maximum absolute atomic E-state index is 5.26. The van der Waals surface area contributed by atoms with E-state index in [1.54, 1.807) is 0 Å². The normalized spacial score (nSPS) is 8.90. The topological polar surface area (TPSA) is 0 Å². The van der Waals surface area contributed by atoms with Crippen molar-refractivity contribution in [3.8, 4) is 12.3 Å². The van der Waals surface area contributed by atoms with Gasteiger partial charge in [-0.2, -0.15) is 0 Å². The number of hydrogen-bond donors (Lipinski definition) is 0. The highest BCUT2D eigenvalue weighted by atomic mass is 14.0. The van der Waals surface area contributed by atoms with Crippen LogP contribution in [0.3, 0.4) is 0 Å². The van der Waals surface area contributed by atoms with Crippen molar-refractivity contribution in [1.29, 1.82) is 0 Å². The number of aryl methyl sites for hydroxylation is 1. The average molecular weight is 129 g/mol. The summed E-state index contributed by atoms with van der Waals surface area (Å²) in [6.07, 6.45) is 5.26. The Morgan fingerprint density at radius 3 is 2.70 bits per heavy atom. The fraction of sp³-hybridized carbons (Fsp3) is 0.200. The molecule has 0 saturated heterocycles. The zero-order valence-corrected chi connectivity index (χ0v) is 6.23. The van der Waals surface area contributed by atoms with Crippen LogP contribution in [0, 0.1) is 32.3 Å². The van der Waals surface area contributed by atoms with Gasteiger partial charge in [0.25, 0.3) is 0 Å². The summed E-state index contributed by atoms with van der Waals surface area (Å²) in [5.41, 5.74) is 3.26. The van der Waals surface area contributed by atoms with Gasteiger partial charge in [0.1, 0.15) is 0 Å². The number of rotatable bonds is 0. The Labute approximate surface area is 61.9 Å². The van der Waals surface area contributed by atoms with E-state index in [9.17, 15) is 0 Å². The molecule has 0 aliphatic heterocycles. The fourth-order valence-electron chi connectivity index (χ4n) is 0.842. The minimum Gasteiger partial charge on any atom is -0.115 e. The molecule has 0 fully saturated rings. The van der Waals surface area contributed by atoms with Crippen LogP contribution in [0.15, 0.2) is 12.1 Å². The van der Waals surface area contributed by atoms with Crippen molar-refractivity contribution < 1.29 is 0 Å². The van der Waals surface area contributed by atoms with Crippen LogP contribution in [-0.2, 0) is 0 Å². The molecule has 0 heteroatoms. The maximum atomic E-state index is 5.26. The third-order valence-corrected chi connectivity index (χ3v) is 1.67. The van der Waals surface area contributed by atoms with Crippen molar-refractivity contribution in [2.75, 3.05) is 0 Å². The van der Waals surface area contributed by atoms with Crippen LogP contribution in [0.25, 0.3) is 0 Å². The van der Waals surface area contributed by atoms with Crippen molar-refractivity contribution in [3.05, 3.63) is 34.9 Å². The summed E-state index contributed by atoms with van der Waals surface area (Å²) in [4.78, 5) is 0. The lowest BCUT2D eigenvalue weighted by molar-refractivity contribution is 1.31. The quantitative estimate of drug-likeness (QED) is 0.470. The molecule has 0 aliphatic rings. The molecule has 0 amide bonds. The lowest BCUT2D eigenvalue weighted by Gasteiger charge is -1.99. The molecule has 0 atom stereocenters. The second-order valence-electron chi connectivity index (χ2n) is 2.29. The van der Waals surface area contributed by atoms with E-state index in [0.29, 0.717) is 0 Å². The first-order chi connectivity index (χ1) is 4.75. The second-order valence-corrected chi connectivity index (χ2v) is 2.29. The highest BCUT2D eigenvalue weighted by Crippen LogP contribution is 2.09. The molecule has 1 radical (unpaired) electrons. The standard InChI is InChI=1S/C10H9/c1-4-10-7-5-6-8(2)9(10)3/h1,5,7H,2-3H3. The summed E-state index contributed by atoms with van der Waals surface area (Å²) in [5, 5.41) is 0. The molecular weight excluding hydrogens is 120 g/mol. The Morgan fingerprint density at radius 1 is 1.50 bits per heavy atom. The van der Waals surface area contributed by atoms with Crippen LogP contribution < -0.4 is 0 Å². The van der Waals surface area contributed by atoms with Crippen molar-refractivity contribution in [3.63, 3.8) is 0 Å². The summed E-state index contributed by atoms with van der Waals surface area (Å²) in [5.74, 6) is 2.62. The fourth-order valence-corrected chi connectivity index (χ4v) is 0.842. The van der Waals surface area contributed by atoms with E-state index in [-0.39, 0.29) is 0 Å². The molecule has 0 bridgehead atoms. The lowest BCUT2D eigenvalue weighted by Crippen LogP contribution is -1.85. The summed E-state index contributed by atoms with van der Waals surface area (Å²) in [7, 11) is 0. The van der Waals surface area contributed by atoms with E-state index in [2.05, 4.69) is 12.0 Å². The van der Waals surface area contributed by atoms with E-state index < -0.39 is 0 Å². The van der Waals surface area contributed by atoms with Crippen LogP contribution in [-0.4, -0.2) is 0 Å². The Kier molecular flexibility index (Phi) is 1.78. The summed E-state index contributed by atoms with van der Waals surface area (Å²) >= 11 is 0. The Balaban J connectivity index is 3.31. The molecule has 0 heterocycles. The van der Waals surface area contributed by atoms with E-state index in [1.807, 2.05) is 26.0 Å². The van der Waals surface area contributed by atoms with Gasteiger partial charge in [0.05, 0.1) is 0 Å². The molecule has 1 rings (SSSR count). The van der Waals surface area contributed by atoms with Crippen molar-refractivity contribution >= 4 is 0 Å². The van der Waals surface area contributed by atoms with Crippen LogP contribution in [0.1, 0.15) is 16.7 Å². The van der Waals surface area contributed by atoms with Gasteiger partial charge in [-0.3, -0.25) is 0 Å². The predicted octanol–water partition coefficient (Wildman–Crippen LogP) is 2.08. The van der Waals surface area contributed by atoms with Crippen molar-refractivity contribution in [2.45, 2.75) is 13.8 Å². The molecule has 49 valence electrons. The Hall–Kier alpha value is -1.22. The van der Waals surface area contributed by atoms with Gasteiger partial charge in [-0.25, -0.2) is 0 Å². The molecular formula is C10H9. The van der Waals surface area contributed by atoms with Gasteiger partial charge in [0.2, 0.25) is 0 Å². The Morgan fingerprint density at radius 2 is 2.20 bits per heavy atom. The van der Waals surface area contributed by atoms with Crippen molar-refractivity contribution in [2.24, 2.45) is 0 Å². The zero-order chi connectivity index (χ0) is 7.56. The number of hydrogen-bond acceptors (Lipinski definition) is 0. The Bertz CT molecular complexity index is 277. The first-order valence-corrected chi connectivity index (χ1v) is 3.20. The van der Waals surface area contributed by atoms with E-state index in [0.717, 1.165) is 16.7 Å². The van der Waals surface area contributed by atoms with Gasteiger partial charge < -0.3 is 0 Å².